The van der Waals surface area contributed by atoms with Crippen LogP contribution in [0.2, 0.25) is 0 Å². The van der Waals surface area contributed by atoms with Gasteiger partial charge in [0.15, 0.2) is 0 Å². The number of hydrogen-bond acceptors (Lipinski definition) is 0. The molecule has 0 aliphatic heterocycles. The summed E-state index contributed by atoms with van der Waals surface area (Å²) in [6.45, 7) is 0. The van der Waals surface area contributed by atoms with E-state index in [2.05, 4.69) is 11.6 Å². The molecule has 0 saturated heterocycles. The molecule has 0 atom stereocenters. The molecular formula is C5HClF8. The lowest BCUT2D eigenvalue weighted by atomic mass is 10.3. The van der Waals surface area contributed by atoms with Gasteiger partial charge in [0, 0.05) is 6.08 Å². The van der Waals surface area contributed by atoms with Gasteiger partial charge in [-0.1, -0.05) is 11.6 Å². The topological polar surface area (TPSA) is 0 Å². The average Bonchev–Trinajstić information content (AvgIpc) is 1.80. The van der Waals surface area contributed by atoms with Gasteiger partial charge in [0.25, 0.3) is 0 Å². The second-order valence-electron chi connectivity index (χ2n) is 2.11. The van der Waals surface area contributed by atoms with E-state index in [1.807, 2.05) is 0 Å². The quantitative estimate of drug-likeness (QED) is 0.618. The van der Waals surface area contributed by atoms with Crippen molar-refractivity contribution >= 4 is 11.6 Å². The lowest BCUT2D eigenvalue weighted by Gasteiger charge is -2.16. The molecule has 0 amide bonds. The highest BCUT2D eigenvalue weighted by atomic mass is 35.5. The summed E-state index contributed by atoms with van der Waals surface area (Å²) >= 11 is 4.20. The maximum absolute atomic E-state index is 11.9. The summed E-state index contributed by atoms with van der Waals surface area (Å²) in [5.74, 6) is -5.60. The summed E-state index contributed by atoms with van der Waals surface area (Å²) in [7, 11) is 0. The van der Waals surface area contributed by atoms with Crippen molar-refractivity contribution in [3.63, 3.8) is 0 Å². The monoisotopic (exact) mass is 248 g/mol. The summed E-state index contributed by atoms with van der Waals surface area (Å²) in [6.07, 6.45) is -12.9. The van der Waals surface area contributed by atoms with Crippen molar-refractivity contribution in [2.45, 2.75) is 18.3 Å². The third-order valence-corrected chi connectivity index (χ3v) is 1.28. The van der Waals surface area contributed by atoms with Gasteiger partial charge in [-0.25, -0.2) is 0 Å². The predicted molar refractivity (Wildman–Crippen MR) is 31.0 cm³/mol. The normalized spacial score (nSPS) is 15.9. The van der Waals surface area contributed by atoms with Crippen LogP contribution in [-0.2, 0) is 0 Å². The molecule has 0 rings (SSSR count). The number of alkyl halides is 8. The highest BCUT2D eigenvalue weighted by Gasteiger charge is 2.57. The molecule has 0 aliphatic rings. The van der Waals surface area contributed by atoms with E-state index in [0.717, 1.165) is 0 Å². The summed E-state index contributed by atoms with van der Waals surface area (Å²) < 4.78 is 92.3. The van der Waals surface area contributed by atoms with Crippen molar-refractivity contribution in [1.82, 2.24) is 0 Å². The Kier molecular flexibility index (Phi) is 3.42. The van der Waals surface area contributed by atoms with E-state index in [1.165, 1.54) is 0 Å². The zero-order valence-corrected chi connectivity index (χ0v) is 6.73. The number of rotatable bonds is 1. The van der Waals surface area contributed by atoms with E-state index < -0.39 is 29.4 Å². The fraction of sp³-hybridized carbons (Fsp3) is 0.600. The van der Waals surface area contributed by atoms with Crippen LogP contribution in [0.3, 0.4) is 0 Å². The third kappa shape index (κ3) is 3.32. The molecule has 0 radical (unpaired) electrons. The molecule has 14 heavy (non-hydrogen) atoms. The SMILES string of the molecule is FC(F)(F)C(Cl)=CC(F)(F)C(F)(F)F. The van der Waals surface area contributed by atoms with Crippen LogP contribution >= 0.6 is 11.6 Å². The number of halogens is 9. The Hall–Kier alpha value is -0.530. The van der Waals surface area contributed by atoms with Gasteiger partial charge in [-0.3, -0.25) is 0 Å². The fourth-order valence-electron chi connectivity index (χ4n) is 0.323. The first kappa shape index (κ1) is 13.5. The van der Waals surface area contributed by atoms with Crippen LogP contribution in [-0.4, -0.2) is 18.3 Å². The Morgan fingerprint density at radius 1 is 0.857 bits per heavy atom. The fourth-order valence-corrected chi connectivity index (χ4v) is 0.460. The zero-order valence-electron chi connectivity index (χ0n) is 5.98. The number of hydrogen-bond donors (Lipinski definition) is 0. The van der Waals surface area contributed by atoms with Crippen LogP contribution in [0, 0.1) is 0 Å². The number of allylic oxidation sites excluding steroid dienone is 2. The first-order valence-electron chi connectivity index (χ1n) is 2.78. The molecule has 0 bridgehead atoms. The largest absolute Gasteiger partial charge is 0.457 e. The summed E-state index contributed by atoms with van der Waals surface area (Å²) in [6, 6.07) is 0. The van der Waals surface area contributed by atoms with Crippen molar-refractivity contribution in [2.75, 3.05) is 0 Å². The van der Waals surface area contributed by atoms with Crippen LogP contribution in [0.15, 0.2) is 11.1 Å². The van der Waals surface area contributed by atoms with Crippen molar-refractivity contribution in [3.8, 4) is 0 Å². The van der Waals surface area contributed by atoms with Crippen molar-refractivity contribution in [1.29, 1.82) is 0 Å². The van der Waals surface area contributed by atoms with Gasteiger partial charge < -0.3 is 0 Å². The van der Waals surface area contributed by atoms with Crippen molar-refractivity contribution in [2.24, 2.45) is 0 Å². The van der Waals surface area contributed by atoms with Crippen LogP contribution < -0.4 is 0 Å². The van der Waals surface area contributed by atoms with E-state index in [4.69, 9.17) is 0 Å². The maximum Gasteiger partial charge on any atom is 0.457 e. The van der Waals surface area contributed by atoms with Gasteiger partial charge in [0.2, 0.25) is 0 Å². The van der Waals surface area contributed by atoms with Crippen molar-refractivity contribution in [3.05, 3.63) is 11.1 Å². The molecule has 0 heterocycles. The van der Waals surface area contributed by atoms with Gasteiger partial charge in [-0.05, 0) is 0 Å². The van der Waals surface area contributed by atoms with E-state index in [1.54, 1.807) is 0 Å². The molecule has 9 heteroatoms. The van der Waals surface area contributed by atoms with Gasteiger partial charge >= 0.3 is 18.3 Å². The molecule has 84 valence electrons. The van der Waals surface area contributed by atoms with E-state index in [0.29, 0.717) is 0 Å². The third-order valence-electron chi connectivity index (χ3n) is 0.957. The standard InChI is InChI=1S/C5HClF8/c6-2(4(9,10)11)1-3(7,8)5(12,13)14/h1H. The second-order valence-corrected chi connectivity index (χ2v) is 2.52. The molecule has 0 unspecified atom stereocenters. The van der Waals surface area contributed by atoms with Gasteiger partial charge in [0.05, 0.1) is 0 Å². The molecule has 0 aromatic carbocycles. The minimum atomic E-state index is -6.10. The molecule has 0 nitrogen and oxygen atoms in total. The van der Waals surface area contributed by atoms with Crippen molar-refractivity contribution < 1.29 is 35.1 Å². The van der Waals surface area contributed by atoms with Gasteiger partial charge in [-0.15, -0.1) is 0 Å². The Labute approximate surface area is 77.1 Å². The summed E-state index contributed by atoms with van der Waals surface area (Å²) in [5.41, 5.74) is 0. The highest BCUT2D eigenvalue weighted by molar-refractivity contribution is 6.30. The Bertz CT molecular complexity index is 233. The Morgan fingerprint density at radius 2 is 1.21 bits per heavy atom. The maximum atomic E-state index is 11.9. The second kappa shape index (κ2) is 3.56. The Morgan fingerprint density at radius 3 is 1.43 bits per heavy atom. The van der Waals surface area contributed by atoms with E-state index in [-0.39, 0.29) is 0 Å². The van der Waals surface area contributed by atoms with Crippen LogP contribution in [0.1, 0.15) is 0 Å². The first-order chi connectivity index (χ1) is 5.88. The molecule has 0 fully saturated rings. The minimum absolute atomic E-state index is 1.38. The molecule has 0 saturated carbocycles. The Balaban J connectivity index is 5.00. The van der Waals surface area contributed by atoms with E-state index >= 15 is 0 Å². The van der Waals surface area contributed by atoms with Crippen LogP contribution in [0.4, 0.5) is 35.1 Å². The molecular weight excluding hydrogens is 247 g/mol. The summed E-state index contributed by atoms with van der Waals surface area (Å²) in [4.78, 5) is 0. The van der Waals surface area contributed by atoms with E-state index in [9.17, 15) is 35.1 Å². The van der Waals surface area contributed by atoms with Crippen LogP contribution in [0.5, 0.6) is 0 Å². The molecule has 0 aliphatic carbocycles. The molecule has 0 aromatic rings. The molecule has 0 aromatic heterocycles. The molecule has 0 N–H and O–H groups in total. The lowest BCUT2D eigenvalue weighted by molar-refractivity contribution is -0.260. The lowest BCUT2D eigenvalue weighted by Crippen LogP contribution is -2.35. The predicted octanol–water partition coefficient (Wildman–Crippen LogP) is 3.87. The smallest absolute Gasteiger partial charge is 0.191 e. The minimum Gasteiger partial charge on any atom is -0.191 e. The zero-order chi connectivity index (χ0) is 11.8. The van der Waals surface area contributed by atoms with Gasteiger partial charge in [0.1, 0.15) is 5.03 Å². The highest BCUT2D eigenvalue weighted by Crippen LogP contribution is 2.40. The molecule has 0 spiro atoms. The summed E-state index contributed by atoms with van der Waals surface area (Å²) in [5, 5.41) is -2.51. The van der Waals surface area contributed by atoms with Crippen LogP contribution in [0.25, 0.3) is 0 Å². The first-order valence-corrected chi connectivity index (χ1v) is 3.16. The average molecular weight is 248 g/mol. The van der Waals surface area contributed by atoms with Gasteiger partial charge in [-0.2, -0.15) is 35.1 Å².